The van der Waals surface area contributed by atoms with Crippen molar-refractivity contribution >= 4 is 0 Å². The molecule has 1 aromatic heterocycles. The molecule has 4 nitrogen and oxygen atoms in total. The summed E-state index contributed by atoms with van der Waals surface area (Å²) in [7, 11) is 1.69. The van der Waals surface area contributed by atoms with Gasteiger partial charge in [-0.05, 0) is 18.9 Å². The van der Waals surface area contributed by atoms with Crippen molar-refractivity contribution in [2.45, 2.75) is 39.4 Å². The molecule has 4 heteroatoms. The third kappa shape index (κ3) is 3.45. The highest BCUT2D eigenvalue weighted by Crippen LogP contribution is 2.22. The predicted octanol–water partition coefficient (Wildman–Crippen LogP) is 1.91. The summed E-state index contributed by atoms with van der Waals surface area (Å²) in [6, 6.07) is 5.20. The van der Waals surface area contributed by atoms with Crippen LogP contribution in [-0.4, -0.2) is 42.2 Å². The smallest absolute Gasteiger partial charge is 0.217 e. The van der Waals surface area contributed by atoms with Gasteiger partial charge in [0.2, 0.25) is 5.88 Å². The summed E-state index contributed by atoms with van der Waals surface area (Å²) in [6.45, 7) is 9.85. The first-order chi connectivity index (χ1) is 9.11. The molecule has 1 N–H and O–H groups in total. The van der Waals surface area contributed by atoms with Crippen molar-refractivity contribution in [1.82, 2.24) is 15.2 Å². The van der Waals surface area contributed by atoms with Crippen molar-refractivity contribution in [2.75, 3.05) is 20.2 Å². The second-order valence-corrected chi connectivity index (χ2v) is 5.72. The summed E-state index contributed by atoms with van der Waals surface area (Å²) in [4.78, 5) is 6.83. The number of ether oxygens (including phenoxy) is 1. The average Bonchev–Trinajstić information content (AvgIpc) is 2.39. The van der Waals surface area contributed by atoms with Crippen LogP contribution in [0.5, 0.6) is 5.88 Å². The number of nitrogens with zero attached hydrogens (tertiary/aromatic N) is 2. The summed E-state index contributed by atoms with van der Waals surface area (Å²) in [6.07, 6.45) is 1.78. The zero-order valence-electron chi connectivity index (χ0n) is 12.4. The molecule has 2 unspecified atom stereocenters. The molecular weight excluding hydrogens is 238 g/mol. The molecule has 1 aliphatic heterocycles. The fourth-order valence-corrected chi connectivity index (χ4v) is 2.79. The van der Waals surface area contributed by atoms with Crippen LogP contribution in [0.15, 0.2) is 18.3 Å². The topological polar surface area (TPSA) is 37.4 Å². The summed E-state index contributed by atoms with van der Waals surface area (Å²) in [5, 5.41) is 3.57. The van der Waals surface area contributed by atoms with Crippen LogP contribution in [-0.2, 0) is 6.54 Å². The van der Waals surface area contributed by atoms with Gasteiger partial charge in [-0.1, -0.05) is 19.9 Å². The normalized spacial score (nSPS) is 24.7. The number of methoxy groups -OCH3 is 1. The quantitative estimate of drug-likeness (QED) is 0.900. The first kappa shape index (κ1) is 14.3. The second kappa shape index (κ2) is 6.35. The highest BCUT2D eigenvalue weighted by molar-refractivity contribution is 5.25. The molecule has 0 saturated carbocycles. The number of nitrogens with one attached hydrogen (secondary N) is 1. The molecule has 0 spiro atoms. The lowest BCUT2D eigenvalue weighted by Crippen LogP contribution is -2.56. The highest BCUT2D eigenvalue weighted by atomic mass is 16.5. The lowest BCUT2D eigenvalue weighted by Gasteiger charge is -2.41. The minimum atomic E-state index is 0.540. The van der Waals surface area contributed by atoms with Gasteiger partial charge in [-0.25, -0.2) is 4.98 Å². The van der Waals surface area contributed by atoms with Gasteiger partial charge in [0.1, 0.15) is 0 Å². The van der Waals surface area contributed by atoms with Gasteiger partial charge < -0.3 is 10.1 Å². The molecule has 2 rings (SSSR count). The molecule has 1 saturated heterocycles. The molecule has 1 fully saturated rings. The van der Waals surface area contributed by atoms with E-state index in [0.29, 0.717) is 18.0 Å². The van der Waals surface area contributed by atoms with E-state index in [4.69, 9.17) is 4.74 Å². The van der Waals surface area contributed by atoms with Crippen LogP contribution in [0.3, 0.4) is 0 Å². The second-order valence-electron chi connectivity index (χ2n) is 5.72. The lowest BCUT2D eigenvalue weighted by molar-refractivity contribution is 0.0945. The number of piperazine rings is 1. The Hall–Kier alpha value is -1.13. The van der Waals surface area contributed by atoms with Crippen molar-refractivity contribution in [1.29, 1.82) is 0 Å². The predicted molar refractivity (Wildman–Crippen MR) is 77.3 cm³/mol. The highest BCUT2D eigenvalue weighted by Gasteiger charge is 2.28. The maximum absolute atomic E-state index is 5.36. The monoisotopic (exact) mass is 263 g/mol. The fourth-order valence-electron chi connectivity index (χ4n) is 2.79. The number of rotatable bonds is 4. The molecule has 2 atom stereocenters. The maximum Gasteiger partial charge on any atom is 0.217 e. The van der Waals surface area contributed by atoms with Crippen LogP contribution in [0.25, 0.3) is 0 Å². The van der Waals surface area contributed by atoms with E-state index in [1.807, 2.05) is 6.07 Å². The van der Waals surface area contributed by atoms with Gasteiger partial charge in [0.05, 0.1) is 7.11 Å². The van der Waals surface area contributed by atoms with Gasteiger partial charge in [0.15, 0.2) is 0 Å². The number of hydrogen-bond donors (Lipinski definition) is 1. The fraction of sp³-hybridized carbons (Fsp3) is 0.667. The minimum Gasteiger partial charge on any atom is -0.481 e. The van der Waals surface area contributed by atoms with Gasteiger partial charge in [-0.15, -0.1) is 0 Å². The molecule has 0 radical (unpaired) electrons. The van der Waals surface area contributed by atoms with E-state index in [2.05, 4.69) is 42.0 Å². The van der Waals surface area contributed by atoms with Gasteiger partial charge >= 0.3 is 0 Å². The Morgan fingerprint density at radius 1 is 1.53 bits per heavy atom. The number of hydrogen-bond acceptors (Lipinski definition) is 4. The summed E-state index contributed by atoms with van der Waals surface area (Å²) in [5.74, 6) is 1.39. The Morgan fingerprint density at radius 2 is 2.32 bits per heavy atom. The molecule has 1 aromatic rings. The third-order valence-corrected chi connectivity index (χ3v) is 3.84. The van der Waals surface area contributed by atoms with E-state index in [9.17, 15) is 0 Å². The van der Waals surface area contributed by atoms with Crippen molar-refractivity contribution in [3.05, 3.63) is 23.9 Å². The Morgan fingerprint density at radius 3 is 3.00 bits per heavy atom. The average molecular weight is 263 g/mol. The van der Waals surface area contributed by atoms with Crippen molar-refractivity contribution < 1.29 is 4.74 Å². The SMILES string of the molecule is COc1ncccc1CN1CC(C)NCC1C(C)C. The van der Waals surface area contributed by atoms with Crippen molar-refractivity contribution in [3.63, 3.8) is 0 Å². The molecule has 106 valence electrons. The summed E-state index contributed by atoms with van der Waals surface area (Å²) >= 11 is 0. The molecule has 2 heterocycles. The van der Waals surface area contributed by atoms with E-state index < -0.39 is 0 Å². The van der Waals surface area contributed by atoms with Gasteiger partial charge in [0, 0.05) is 43.5 Å². The van der Waals surface area contributed by atoms with Crippen LogP contribution in [0, 0.1) is 5.92 Å². The van der Waals surface area contributed by atoms with E-state index >= 15 is 0 Å². The Balaban J connectivity index is 2.14. The van der Waals surface area contributed by atoms with Crippen LogP contribution in [0.2, 0.25) is 0 Å². The maximum atomic E-state index is 5.36. The van der Waals surface area contributed by atoms with E-state index in [1.54, 1.807) is 13.3 Å². The number of pyridine rings is 1. The molecule has 19 heavy (non-hydrogen) atoms. The largest absolute Gasteiger partial charge is 0.481 e. The Kier molecular flexibility index (Phi) is 4.77. The first-order valence-corrected chi connectivity index (χ1v) is 7.07. The third-order valence-electron chi connectivity index (χ3n) is 3.84. The number of aromatic nitrogens is 1. The van der Waals surface area contributed by atoms with Gasteiger partial charge in [0.25, 0.3) is 0 Å². The molecule has 0 amide bonds. The molecule has 0 bridgehead atoms. The molecule has 0 aliphatic carbocycles. The summed E-state index contributed by atoms with van der Waals surface area (Å²) in [5.41, 5.74) is 1.17. The standard InChI is InChI=1S/C15H25N3O/c1-11(2)14-8-17-12(3)9-18(14)10-13-6-5-7-16-15(13)19-4/h5-7,11-12,14,17H,8-10H2,1-4H3. The molecule has 1 aliphatic rings. The van der Waals surface area contributed by atoms with E-state index in [1.165, 1.54) is 5.56 Å². The van der Waals surface area contributed by atoms with Crippen LogP contribution >= 0.6 is 0 Å². The molecular formula is C15H25N3O. The van der Waals surface area contributed by atoms with E-state index in [0.717, 1.165) is 25.5 Å². The minimum absolute atomic E-state index is 0.540. The van der Waals surface area contributed by atoms with E-state index in [-0.39, 0.29) is 0 Å². The van der Waals surface area contributed by atoms with Crippen LogP contribution < -0.4 is 10.1 Å². The van der Waals surface area contributed by atoms with Crippen molar-refractivity contribution in [3.8, 4) is 5.88 Å². The van der Waals surface area contributed by atoms with Gasteiger partial charge in [-0.3, -0.25) is 4.90 Å². The lowest BCUT2D eigenvalue weighted by atomic mass is 9.98. The Bertz CT molecular complexity index is 408. The molecule has 0 aromatic carbocycles. The summed E-state index contributed by atoms with van der Waals surface area (Å²) < 4.78 is 5.36. The Labute approximate surface area is 116 Å². The zero-order chi connectivity index (χ0) is 13.8. The first-order valence-electron chi connectivity index (χ1n) is 7.07. The van der Waals surface area contributed by atoms with Crippen molar-refractivity contribution in [2.24, 2.45) is 5.92 Å². The van der Waals surface area contributed by atoms with Crippen LogP contribution in [0.1, 0.15) is 26.3 Å². The zero-order valence-corrected chi connectivity index (χ0v) is 12.4. The van der Waals surface area contributed by atoms with Crippen LogP contribution in [0.4, 0.5) is 0 Å². The van der Waals surface area contributed by atoms with Gasteiger partial charge in [-0.2, -0.15) is 0 Å².